The third-order valence-corrected chi connectivity index (χ3v) is 13.7. The molecule has 0 rings (SSSR count). The van der Waals surface area contributed by atoms with Gasteiger partial charge in [-0.2, -0.15) is 0 Å². The van der Waals surface area contributed by atoms with Crippen molar-refractivity contribution in [2.75, 3.05) is 13.2 Å². The molecule has 1 unspecified atom stereocenters. The molecule has 0 aliphatic rings. The van der Waals surface area contributed by atoms with E-state index >= 15 is 0 Å². The Morgan fingerprint density at radius 1 is 0.253 bits per heavy atom. The van der Waals surface area contributed by atoms with E-state index in [1.807, 2.05) is 0 Å². The lowest BCUT2D eigenvalue weighted by Crippen LogP contribution is -2.30. The van der Waals surface area contributed by atoms with Crippen molar-refractivity contribution in [3.05, 3.63) is 170 Å². The minimum Gasteiger partial charge on any atom is -0.462 e. The number of hydrogen-bond acceptors (Lipinski definition) is 6. The second-order valence-electron chi connectivity index (χ2n) is 21.6. The summed E-state index contributed by atoms with van der Waals surface area (Å²) in [7, 11) is 0. The number of allylic oxidation sites excluding steroid dienone is 28. The molecule has 0 N–H and O–H groups in total. The predicted molar refractivity (Wildman–Crippen MR) is 361 cm³/mol. The quantitative estimate of drug-likeness (QED) is 0.0261. The molecule has 0 radical (unpaired) electrons. The Balaban J connectivity index is 4.35. The fourth-order valence-electron chi connectivity index (χ4n) is 8.71. The average Bonchev–Trinajstić information content (AvgIpc) is 3.48. The molecular formula is C77H122O6. The Kier molecular flexibility index (Phi) is 64.9. The Morgan fingerprint density at radius 2 is 0.482 bits per heavy atom. The molecule has 1 atom stereocenters. The standard InChI is InChI=1S/C77H122O6/c1-4-7-10-13-16-19-22-24-26-28-30-32-34-35-36-37-38-39-40-41-43-44-46-48-50-52-55-58-61-64-67-70-76(79)82-73-74(72-81-75(78)69-66-63-60-57-54-21-18-15-12-9-6-3)83-77(80)71-68-65-62-59-56-53-51-49-47-45-42-33-31-29-27-25-23-20-17-14-11-8-5-2/h7-8,10-11,15-20,24-27,30-33,35-36,38-39,45,47,51,53,59,62,74H,4-6,9,12-14,21-23,28-29,34,37,40-44,46,48-50,52,54-58,60-61,63-73H2,1-3H3/b10-7-,11-8-,18-15-,19-16-,20-17-,26-24-,27-25-,32-30-,33-31-,36-35-,39-38-,47-45-,53-51-,62-59-. The van der Waals surface area contributed by atoms with Gasteiger partial charge in [-0.1, -0.05) is 287 Å². The van der Waals surface area contributed by atoms with Crippen LogP contribution in [0.25, 0.3) is 0 Å². The van der Waals surface area contributed by atoms with Gasteiger partial charge in [0.15, 0.2) is 6.10 Å². The van der Waals surface area contributed by atoms with Crippen LogP contribution in [0.2, 0.25) is 0 Å². The van der Waals surface area contributed by atoms with Crippen LogP contribution in [0.15, 0.2) is 170 Å². The van der Waals surface area contributed by atoms with Crippen molar-refractivity contribution in [1.82, 2.24) is 0 Å². The van der Waals surface area contributed by atoms with Crippen LogP contribution in [-0.4, -0.2) is 37.2 Å². The largest absolute Gasteiger partial charge is 0.462 e. The van der Waals surface area contributed by atoms with Gasteiger partial charge in [0.1, 0.15) is 13.2 Å². The van der Waals surface area contributed by atoms with E-state index in [0.717, 1.165) is 141 Å². The fraction of sp³-hybridized carbons (Fsp3) is 0.597. The second kappa shape index (κ2) is 69.3. The Bertz CT molecular complexity index is 1890. The number of carbonyl (C=O) groups is 3. The minimum absolute atomic E-state index is 0.111. The van der Waals surface area contributed by atoms with Crippen LogP contribution in [0.4, 0.5) is 0 Å². The van der Waals surface area contributed by atoms with Gasteiger partial charge in [0.2, 0.25) is 0 Å². The Hall–Kier alpha value is -5.23. The summed E-state index contributed by atoms with van der Waals surface area (Å²) in [6, 6.07) is 0. The number of unbranched alkanes of at least 4 members (excludes halogenated alkanes) is 20. The zero-order valence-electron chi connectivity index (χ0n) is 53.4. The molecule has 0 aliphatic heterocycles. The summed E-state index contributed by atoms with van der Waals surface area (Å²) >= 11 is 0. The Morgan fingerprint density at radius 3 is 0.783 bits per heavy atom. The lowest BCUT2D eigenvalue weighted by molar-refractivity contribution is -0.167. The third kappa shape index (κ3) is 67.4. The molecule has 0 saturated heterocycles. The average molecular weight is 1140 g/mol. The van der Waals surface area contributed by atoms with Crippen molar-refractivity contribution in [2.45, 2.75) is 284 Å². The molecule has 0 aromatic carbocycles. The maximum absolute atomic E-state index is 12.9. The fourth-order valence-corrected chi connectivity index (χ4v) is 8.71. The molecule has 0 fully saturated rings. The van der Waals surface area contributed by atoms with Crippen LogP contribution in [0.5, 0.6) is 0 Å². The smallest absolute Gasteiger partial charge is 0.306 e. The number of ether oxygens (including phenoxy) is 3. The number of rotatable bonds is 59. The van der Waals surface area contributed by atoms with Crippen molar-refractivity contribution in [1.29, 1.82) is 0 Å². The van der Waals surface area contributed by atoms with Crippen molar-refractivity contribution in [2.24, 2.45) is 0 Å². The van der Waals surface area contributed by atoms with Crippen molar-refractivity contribution in [3.8, 4) is 0 Å². The SMILES string of the molecule is CC/C=C\C/C=C\C/C=C\C/C=C\C/C=C\C/C=C\C/C=C\CCCC(=O)OC(COC(=O)CCCCCCC/C=C\CCCC)COC(=O)CCCCCCCCCCCCCC/C=C\C/C=C\C/C=C\C/C=C\C/C=C\C/C=C\CC. The molecule has 466 valence electrons. The summed E-state index contributed by atoms with van der Waals surface area (Å²) < 4.78 is 16.9. The number of esters is 3. The number of carbonyl (C=O) groups excluding carboxylic acids is 3. The molecule has 0 spiro atoms. The zero-order chi connectivity index (χ0) is 59.9. The first-order chi connectivity index (χ1) is 41.0. The molecule has 0 saturated carbocycles. The van der Waals surface area contributed by atoms with Gasteiger partial charge in [0, 0.05) is 19.3 Å². The lowest BCUT2D eigenvalue weighted by Gasteiger charge is -2.18. The van der Waals surface area contributed by atoms with Gasteiger partial charge in [-0.3, -0.25) is 14.4 Å². The maximum Gasteiger partial charge on any atom is 0.306 e. The van der Waals surface area contributed by atoms with Gasteiger partial charge in [0.05, 0.1) is 0 Å². The molecule has 0 heterocycles. The summed E-state index contributed by atoms with van der Waals surface area (Å²) in [6.07, 6.45) is 102. The molecule has 6 heteroatoms. The lowest BCUT2D eigenvalue weighted by atomic mass is 10.0. The van der Waals surface area contributed by atoms with E-state index in [4.69, 9.17) is 14.2 Å². The summed E-state index contributed by atoms with van der Waals surface area (Å²) in [5, 5.41) is 0. The van der Waals surface area contributed by atoms with Gasteiger partial charge in [0.25, 0.3) is 0 Å². The highest BCUT2D eigenvalue weighted by Gasteiger charge is 2.19. The highest BCUT2D eigenvalue weighted by Crippen LogP contribution is 2.15. The van der Waals surface area contributed by atoms with Crippen LogP contribution < -0.4 is 0 Å². The summed E-state index contributed by atoms with van der Waals surface area (Å²) in [4.78, 5) is 38.3. The van der Waals surface area contributed by atoms with Crippen molar-refractivity contribution < 1.29 is 28.6 Å². The molecule has 0 bridgehead atoms. The first kappa shape index (κ1) is 77.8. The highest BCUT2D eigenvalue weighted by atomic mass is 16.6. The van der Waals surface area contributed by atoms with E-state index in [1.165, 1.54) is 89.9 Å². The third-order valence-electron chi connectivity index (χ3n) is 13.7. The van der Waals surface area contributed by atoms with Gasteiger partial charge in [-0.05, 0) is 141 Å². The summed E-state index contributed by atoms with van der Waals surface area (Å²) in [5.41, 5.74) is 0. The maximum atomic E-state index is 12.9. The van der Waals surface area contributed by atoms with Crippen LogP contribution in [0.1, 0.15) is 278 Å². The molecule has 0 amide bonds. The first-order valence-corrected chi connectivity index (χ1v) is 33.6. The van der Waals surface area contributed by atoms with E-state index in [9.17, 15) is 14.4 Å². The van der Waals surface area contributed by atoms with E-state index in [0.29, 0.717) is 19.3 Å². The normalized spacial score (nSPS) is 13.2. The Labute approximate surface area is 511 Å². The van der Waals surface area contributed by atoms with E-state index in [1.54, 1.807) is 0 Å². The van der Waals surface area contributed by atoms with Crippen molar-refractivity contribution in [3.63, 3.8) is 0 Å². The van der Waals surface area contributed by atoms with E-state index in [-0.39, 0.29) is 37.5 Å². The van der Waals surface area contributed by atoms with E-state index in [2.05, 4.69) is 191 Å². The van der Waals surface area contributed by atoms with Gasteiger partial charge < -0.3 is 14.2 Å². The van der Waals surface area contributed by atoms with Crippen LogP contribution in [0.3, 0.4) is 0 Å². The number of hydrogen-bond donors (Lipinski definition) is 0. The van der Waals surface area contributed by atoms with Gasteiger partial charge in [-0.15, -0.1) is 0 Å². The molecule has 0 aromatic rings. The monoisotopic (exact) mass is 1140 g/mol. The molecule has 0 aromatic heterocycles. The highest BCUT2D eigenvalue weighted by molar-refractivity contribution is 5.71. The predicted octanol–water partition coefficient (Wildman–Crippen LogP) is 23.4. The summed E-state index contributed by atoms with van der Waals surface area (Å²) in [6.45, 7) is 6.32. The molecule has 0 aliphatic carbocycles. The summed E-state index contributed by atoms with van der Waals surface area (Å²) in [5.74, 6) is -0.986. The van der Waals surface area contributed by atoms with Crippen LogP contribution in [-0.2, 0) is 28.6 Å². The molecule has 83 heavy (non-hydrogen) atoms. The minimum atomic E-state index is -0.822. The molecule has 6 nitrogen and oxygen atoms in total. The van der Waals surface area contributed by atoms with Crippen LogP contribution in [0, 0.1) is 0 Å². The van der Waals surface area contributed by atoms with E-state index < -0.39 is 6.10 Å². The second-order valence-corrected chi connectivity index (χ2v) is 21.6. The first-order valence-electron chi connectivity index (χ1n) is 33.6. The van der Waals surface area contributed by atoms with Crippen molar-refractivity contribution >= 4 is 17.9 Å². The topological polar surface area (TPSA) is 78.9 Å². The zero-order valence-corrected chi connectivity index (χ0v) is 53.4. The van der Waals surface area contributed by atoms with Gasteiger partial charge >= 0.3 is 17.9 Å². The molecular weight excluding hydrogens is 1020 g/mol. The van der Waals surface area contributed by atoms with Gasteiger partial charge in [-0.25, -0.2) is 0 Å². The van der Waals surface area contributed by atoms with Crippen LogP contribution >= 0.6 is 0 Å².